The van der Waals surface area contributed by atoms with Gasteiger partial charge in [0.05, 0.1) is 12.6 Å². The molecule has 0 aliphatic rings. The van der Waals surface area contributed by atoms with Crippen molar-refractivity contribution in [3.8, 4) is 0 Å². The van der Waals surface area contributed by atoms with E-state index in [1.54, 1.807) is 22.2 Å². The highest BCUT2D eigenvalue weighted by atomic mass is 32.1. The number of likely N-dealkylation sites (N-methyl/N-ethyl adjacent to an activating group) is 1. The maximum atomic E-state index is 12.0. The van der Waals surface area contributed by atoms with Crippen molar-refractivity contribution in [2.75, 3.05) is 20.6 Å². The minimum atomic E-state index is -0.151. The molecule has 0 aromatic carbocycles. The molecule has 2 rings (SSSR count). The number of nitrogens with one attached hydrogen (secondary N) is 2. The predicted octanol–water partition coefficient (Wildman–Crippen LogP) is 1.94. The van der Waals surface area contributed by atoms with Crippen LogP contribution in [0.3, 0.4) is 0 Å². The number of aromatic nitrogens is 2. The summed E-state index contributed by atoms with van der Waals surface area (Å²) in [5, 5.41) is 14.2. The van der Waals surface area contributed by atoms with Gasteiger partial charge in [0.1, 0.15) is 0 Å². The van der Waals surface area contributed by atoms with Gasteiger partial charge in [-0.2, -0.15) is 16.4 Å². The zero-order chi connectivity index (χ0) is 15.9. The summed E-state index contributed by atoms with van der Waals surface area (Å²) in [6.45, 7) is 3.19. The molecule has 6 nitrogen and oxygen atoms in total. The average Bonchev–Trinajstić information content (AvgIpc) is 3.11. The number of thiophene rings is 1. The topological polar surface area (TPSA) is 62.2 Å². The third-order valence-corrected chi connectivity index (χ3v) is 4.11. The van der Waals surface area contributed by atoms with Crippen LogP contribution in [-0.2, 0) is 6.54 Å². The minimum Gasteiger partial charge on any atom is -0.336 e. The molecule has 2 N–H and O–H groups in total. The largest absolute Gasteiger partial charge is 0.336 e. The third kappa shape index (κ3) is 4.85. The maximum Gasteiger partial charge on any atom is 0.315 e. The van der Waals surface area contributed by atoms with Gasteiger partial charge < -0.3 is 15.5 Å². The molecular formula is C15H23N5OS. The molecule has 2 atom stereocenters. The van der Waals surface area contributed by atoms with Crippen molar-refractivity contribution >= 4 is 17.4 Å². The van der Waals surface area contributed by atoms with Crippen molar-refractivity contribution < 1.29 is 4.79 Å². The molecule has 0 saturated heterocycles. The number of hydrogen-bond donors (Lipinski definition) is 2. The van der Waals surface area contributed by atoms with E-state index < -0.39 is 0 Å². The van der Waals surface area contributed by atoms with Gasteiger partial charge in [0, 0.05) is 25.0 Å². The van der Waals surface area contributed by atoms with Gasteiger partial charge in [-0.1, -0.05) is 0 Å². The molecule has 2 heterocycles. The van der Waals surface area contributed by atoms with Gasteiger partial charge in [-0.05, 0) is 49.5 Å². The molecule has 2 aromatic heterocycles. The fraction of sp³-hybridized carbons (Fsp3) is 0.467. The quantitative estimate of drug-likeness (QED) is 0.819. The van der Waals surface area contributed by atoms with E-state index in [0.29, 0.717) is 13.1 Å². The summed E-state index contributed by atoms with van der Waals surface area (Å²) in [7, 11) is 4.03. The molecule has 0 radical (unpaired) electrons. The second kappa shape index (κ2) is 7.95. The lowest BCUT2D eigenvalue weighted by molar-refractivity contribution is 0.228. The lowest BCUT2D eigenvalue weighted by Gasteiger charge is -2.24. The van der Waals surface area contributed by atoms with Gasteiger partial charge in [0.25, 0.3) is 0 Å². The van der Waals surface area contributed by atoms with Crippen LogP contribution in [0.2, 0.25) is 0 Å². The van der Waals surface area contributed by atoms with Crippen molar-refractivity contribution in [2.24, 2.45) is 0 Å². The molecule has 2 amide bonds. The highest BCUT2D eigenvalue weighted by molar-refractivity contribution is 7.07. The van der Waals surface area contributed by atoms with Crippen LogP contribution in [-0.4, -0.2) is 47.4 Å². The maximum absolute atomic E-state index is 12.0. The number of hydrogen-bond acceptors (Lipinski definition) is 4. The molecule has 120 valence electrons. The van der Waals surface area contributed by atoms with Crippen molar-refractivity contribution in [3.63, 3.8) is 0 Å². The van der Waals surface area contributed by atoms with Crippen LogP contribution in [0.5, 0.6) is 0 Å². The first kappa shape index (κ1) is 16.5. The van der Waals surface area contributed by atoms with Gasteiger partial charge in [-0.15, -0.1) is 0 Å². The lowest BCUT2D eigenvalue weighted by Crippen LogP contribution is -2.45. The zero-order valence-electron chi connectivity index (χ0n) is 13.2. The van der Waals surface area contributed by atoms with Crippen LogP contribution in [0.25, 0.3) is 0 Å². The second-order valence-corrected chi connectivity index (χ2v) is 6.30. The second-order valence-electron chi connectivity index (χ2n) is 5.52. The minimum absolute atomic E-state index is 0.0128. The Bertz CT molecular complexity index is 553. The number of urea groups is 1. The first-order valence-electron chi connectivity index (χ1n) is 7.26. The number of amides is 2. The third-order valence-electron chi connectivity index (χ3n) is 3.40. The smallest absolute Gasteiger partial charge is 0.315 e. The van der Waals surface area contributed by atoms with Gasteiger partial charge in [0.2, 0.25) is 0 Å². The Labute approximate surface area is 135 Å². The SMILES string of the molecule is C[C@H](Cn1cccn1)NC(=O)NC[C@H](c1ccsc1)N(C)C. The Kier molecular flexibility index (Phi) is 5.97. The van der Waals surface area contributed by atoms with Crippen molar-refractivity contribution in [3.05, 3.63) is 40.8 Å². The van der Waals surface area contributed by atoms with E-state index in [0.717, 1.165) is 0 Å². The summed E-state index contributed by atoms with van der Waals surface area (Å²) in [5.41, 5.74) is 1.22. The Hall–Kier alpha value is -1.86. The van der Waals surface area contributed by atoms with Gasteiger partial charge in [-0.25, -0.2) is 4.79 Å². The Morgan fingerprint density at radius 2 is 2.32 bits per heavy atom. The van der Waals surface area contributed by atoms with Crippen molar-refractivity contribution in [1.29, 1.82) is 0 Å². The Morgan fingerprint density at radius 1 is 1.50 bits per heavy atom. The first-order valence-corrected chi connectivity index (χ1v) is 8.21. The van der Waals surface area contributed by atoms with Crippen molar-refractivity contribution in [2.45, 2.75) is 25.6 Å². The van der Waals surface area contributed by atoms with Crippen molar-refractivity contribution in [1.82, 2.24) is 25.3 Å². The van der Waals surface area contributed by atoms with E-state index in [1.165, 1.54) is 5.56 Å². The first-order chi connectivity index (χ1) is 10.6. The summed E-state index contributed by atoms with van der Waals surface area (Å²) in [6, 6.07) is 4.00. The van der Waals surface area contributed by atoms with Crippen LogP contribution >= 0.6 is 11.3 Å². The van der Waals surface area contributed by atoms with E-state index >= 15 is 0 Å². The van der Waals surface area contributed by atoms with E-state index in [9.17, 15) is 4.79 Å². The number of rotatable bonds is 7. The summed E-state index contributed by atoms with van der Waals surface area (Å²) in [5.74, 6) is 0. The fourth-order valence-corrected chi connectivity index (χ4v) is 2.97. The average molecular weight is 321 g/mol. The van der Waals surface area contributed by atoms with Gasteiger partial charge >= 0.3 is 6.03 Å². The van der Waals surface area contributed by atoms with Gasteiger partial charge in [-0.3, -0.25) is 4.68 Å². The van der Waals surface area contributed by atoms with Crippen LogP contribution in [0.4, 0.5) is 4.79 Å². The Balaban J connectivity index is 1.78. The van der Waals surface area contributed by atoms with Crippen LogP contribution in [0.1, 0.15) is 18.5 Å². The van der Waals surface area contributed by atoms with Crippen LogP contribution in [0.15, 0.2) is 35.3 Å². The molecule has 22 heavy (non-hydrogen) atoms. The number of nitrogens with zero attached hydrogens (tertiary/aromatic N) is 3. The number of carbonyl (C=O) groups is 1. The molecule has 2 aromatic rings. The fourth-order valence-electron chi connectivity index (χ4n) is 2.26. The van der Waals surface area contributed by atoms with E-state index in [2.05, 4.69) is 37.5 Å². The number of carbonyl (C=O) groups excluding carboxylic acids is 1. The summed E-state index contributed by atoms with van der Waals surface area (Å²) in [4.78, 5) is 14.1. The molecule has 0 spiro atoms. The van der Waals surface area contributed by atoms with E-state index in [1.807, 2.05) is 33.3 Å². The Morgan fingerprint density at radius 3 is 2.91 bits per heavy atom. The predicted molar refractivity (Wildman–Crippen MR) is 89.0 cm³/mol. The summed E-state index contributed by atoms with van der Waals surface area (Å²) >= 11 is 1.67. The standard InChI is InChI=1S/C15H23N5OS/c1-12(10-20-7-4-6-17-20)18-15(21)16-9-14(19(2)3)13-5-8-22-11-13/h4-8,11-12,14H,9-10H2,1-3H3,(H2,16,18,21)/t12-,14-/m1/s1. The van der Waals surface area contributed by atoms with E-state index in [-0.39, 0.29) is 18.1 Å². The lowest BCUT2D eigenvalue weighted by atomic mass is 10.1. The van der Waals surface area contributed by atoms with Gasteiger partial charge in [0.15, 0.2) is 0 Å². The monoisotopic (exact) mass is 321 g/mol. The highest BCUT2D eigenvalue weighted by Gasteiger charge is 2.16. The van der Waals surface area contributed by atoms with Crippen LogP contribution < -0.4 is 10.6 Å². The normalized spacial score (nSPS) is 13.8. The highest BCUT2D eigenvalue weighted by Crippen LogP contribution is 2.19. The molecule has 7 heteroatoms. The molecule has 0 aliphatic carbocycles. The molecule has 0 aliphatic heterocycles. The zero-order valence-corrected chi connectivity index (χ0v) is 14.0. The molecule has 0 bridgehead atoms. The summed E-state index contributed by atoms with van der Waals surface area (Å²) in [6.07, 6.45) is 3.62. The molecule has 0 fully saturated rings. The summed E-state index contributed by atoms with van der Waals surface area (Å²) < 4.78 is 1.80. The molecule has 0 saturated carbocycles. The molecular weight excluding hydrogens is 298 g/mol. The molecule has 0 unspecified atom stereocenters. The van der Waals surface area contributed by atoms with Crippen LogP contribution in [0, 0.1) is 0 Å². The van der Waals surface area contributed by atoms with E-state index in [4.69, 9.17) is 0 Å².